The van der Waals surface area contributed by atoms with Crippen molar-refractivity contribution in [3.05, 3.63) is 107 Å². The second-order valence-electron chi connectivity index (χ2n) is 8.10. The maximum absolute atomic E-state index is 12.5. The molecule has 1 amide bonds. The van der Waals surface area contributed by atoms with Crippen LogP contribution in [0, 0.1) is 6.92 Å². The molecule has 6 nitrogen and oxygen atoms in total. The molecule has 0 bridgehead atoms. The molecular formula is C27H22ClN5OS. The summed E-state index contributed by atoms with van der Waals surface area (Å²) in [7, 11) is 0. The summed E-state index contributed by atoms with van der Waals surface area (Å²) in [5, 5.41) is 17.1. The number of thioether (sulfide) groups is 1. The van der Waals surface area contributed by atoms with Gasteiger partial charge in [-0.25, -0.2) is 4.68 Å². The minimum Gasteiger partial charge on any atom is -0.303 e. The minimum absolute atomic E-state index is 0.0500. The lowest BCUT2D eigenvalue weighted by Crippen LogP contribution is -2.26. The third kappa shape index (κ3) is 5.37. The summed E-state index contributed by atoms with van der Waals surface area (Å²) in [5.41, 5.74) is 5.74. The number of aromatic nitrogens is 2. The maximum Gasteiger partial charge on any atom is 0.239 e. The number of rotatable bonds is 6. The molecule has 0 spiro atoms. The van der Waals surface area contributed by atoms with Gasteiger partial charge in [-0.2, -0.15) is 10.2 Å². The van der Waals surface area contributed by atoms with E-state index in [1.165, 1.54) is 17.3 Å². The van der Waals surface area contributed by atoms with E-state index >= 15 is 0 Å². The lowest BCUT2D eigenvalue weighted by Gasteiger charge is -2.07. The van der Waals surface area contributed by atoms with Crippen molar-refractivity contribution >= 4 is 40.7 Å². The number of hydrogen-bond acceptors (Lipinski definition) is 5. The summed E-state index contributed by atoms with van der Waals surface area (Å²) >= 11 is 7.47. The van der Waals surface area contributed by atoms with Crippen LogP contribution in [0.5, 0.6) is 0 Å². The fraction of sp³-hybridized carbons (Fsp3) is 0.111. The minimum atomic E-state index is -0.226. The highest BCUT2D eigenvalue weighted by Gasteiger charge is 2.30. The molecular weight excluding hydrogens is 478 g/mol. The molecule has 1 aliphatic heterocycles. The first-order chi connectivity index (χ1) is 17.1. The van der Waals surface area contributed by atoms with Crippen LogP contribution in [0.25, 0.3) is 16.9 Å². The Balaban J connectivity index is 1.38. The SMILES string of the molecule is Cc1ccccc1CC1S/C(=N/N=C/c2cn(-c3ccccc3)nc2-c2ccc(Cl)cc2)NC1=O. The molecule has 35 heavy (non-hydrogen) atoms. The van der Waals surface area contributed by atoms with Crippen molar-refractivity contribution in [2.45, 2.75) is 18.6 Å². The number of para-hydroxylation sites is 1. The third-order valence-corrected chi connectivity index (χ3v) is 6.99. The van der Waals surface area contributed by atoms with Gasteiger partial charge in [0.2, 0.25) is 5.91 Å². The van der Waals surface area contributed by atoms with Gasteiger partial charge in [0, 0.05) is 22.3 Å². The topological polar surface area (TPSA) is 71.6 Å². The average molecular weight is 500 g/mol. The van der Waals surface area contributed by atoms with Gasteiger partial charge in [-0.1, -0.05) is 78.0 Å². The zero-order valence-electron chi connectivity index (χ0n) is 18.9. The fourth-order valence-corrected chi connectivity index (χ4v) is 4.87. The van der Waals surface area contributed by atoms with E-state index in [9.17, 15) is 4.79 Å². The lowest BCUT2D eigenvalue weighted by atomic mass is 10.0. The number of hydrogen-bond donors (Lipinski definition) is 1. The molecule has 1 saturated heterocycles. The second kappa shape index (κ2) is 10.3. The van der Waals surface area contributed by atoms with Crippen molar-refractivity contribution in [2.24, 2.45) is 10.2 Å². The first kappa shape index (κ1) is 23.1. The molecule has 1 fully saturated rings. The molecule has 1 aromatic heterocycles. The van der Waals surface area contributed by atoms with Crippen LogP contribution >= 0.6 is 23.4 Å². The summed E-state index contributed by atoms with van der Waals surface area (Å²) in [5.74, 6) is -0.0500. The number of carbonyl (C=O) groups is 1. The maximum atomic E-state index is 12.5. The van der Waals surface area contributed by atoms with Crippen LogP contribution in [0.2, 0.25) is 5.02 Å². The summed E-state index contributed by atoms with van der Waals surface area (Å²) < 4.78 is 1.81. The van der Waals surface area contributed by atoms with Gasteiger partial charge in [-0.05, 0) is 48.7 Å². The highest BCUT2D eigenvalue weighted by molar-refractivity contribution is 8.15. The highest BCUT2D eigenvalue weighted by Crippen LogP contribution is 2.26. The van der Waals surface area contributed by atoms with Crippen LogP contribution < -0.4 is 5.32 Å². The number of amides is 1. The van der Waals surface area contributed by atoms with Gasteiger partial charge < -0.3 is 5.32 Å². The van der Waals surface area contributed by atoms with Gasteiger partial charge in [0.05, 0.1) is 17.2 Å². The molecule has 174 valence electrons. The molecule has 1 unspecified atom stereocenters. The number of amidine groups is 1. The van der Waals surface area contributed by atoms with Gasteiger partial charge in [0.1, 0.15) is 5.69 Å². The fourth-order valence-electron chi connectivity index (χ4n) is 3.80. The molecule has 0 radical (unpaired) electrons. The molecule has 1 N–H and O–H groups in total. The normalized spacial score (nSPS) is 16.8. The van der Waals surface area contributed by atoms with Crippen molar-refractivity contribution in [3.63, 3.8) is 0 Å². The van der Waals surface area contributed by atoms with Crippen LogP contribution in [0.3, 0.4) is 0 Å². The number of nitrogens with zero attached hydrogens (tertiary/aromatic N) is 4. The molecule has 2 heterocycles. The lowest BCUT2D eigenvalue weighted by molar-refractivity contribution is -0.118. The van der Waals surface area contributed by atoms with Crippen LogP contribution in [0.15, 0.2) is 95.3 Å². The summed E-state index contributed by atoms with van der Waals surface area (Å²) in [6.07, 6.45) is 4.21. The Kier molecular flexibility index (Phi) is 6.79. The van der Waals surface area contributed by atoms with Crippen molar-refractivity contribution in [1.82, 2.24) is 15.1 Å². The number of nitrogens with one attached hydrogen (secondary N) is 1. The van der Waals surface area contributed by atoms with E-state index in [1.54, 1.807) is 6.21 Å². The smallest absolute Gasteiger partial charge is 0.239 e. The van der Waals surface area contributed by atoms with Crippen molar-refractivity contribution in [2.75, 3.05) is 0 Å². The average Bonchev–Trinajstić information content (AvgIpc) is 3.45. The van der Waals surface area contributed by atoms with E-state index in [-0.39, 0.29) is 11.2 Å². The van der Waals surface area contributed by atoms with Gasteiger partial charge in [0.25, 0.3) is 0 Å². The highest BCUT2D eigenvalue weighted by atomic mass is 35.5. The molecule has 1 aliphatic rings. The summed E-state index contributed by atoms with van der Waals surface area (Å²) in [6.45, 7) is 2.06. The molecule has 8 heteroatoms. The predicted octanol–water partition coefficient (Wildman–Crippen LogP) is 5.67. The summed E-state index contributed by atoms with van der Waals surface area (Å²) in [4.78, 5) is 12.5. The van der Waals surface area contributed by atoms with Crippen LogP contribution in [0.4, 0.5) is 0 Å². The van der Waals surface area contributed by atoms with Crippen LogP contribution in [-0.4, -0.2) is 32.3 Å². The number of aryl methyl sites for hydroxylation is 1. The standard InChI is InChI=1S/C27H22ClN5OS/c1-18-7-5-6-8-20(18)15-24-26(34)30-27(35-24)31-29-16-21-17-33(23-9-3-2-4-10-23)32-25(21)19-11-13-22(28)14-12-19/h2-14,16-17,24H,15H2,1H3,(H,30,31,34)/b29-16+. The Morgan fingerprint density at radius 2 is 1.80 bits per heavy atom. The zero-order valence-corrected chi connectivity index (χ0v) is 20.5. The molecule has 0 aliphatic carbocycles. The van der Waals surface area contributed by atoms with Gasteiger partial charge in [-0.3, -0.25) is 4.79 Å². The molecule has 0 saturated carbocycles. The van der Waals surface area contributed by atoms with Gasteiger partial charge >= 0.3 is 0 Å². The monoisotopic (exact) mass is 499 g/mol. The van der Waals surface area contributed by atoms with E-state index in [0.717, 1.165) is 28.1 Å². The summed E-state index contributed by atoms with van der Waals surface area (Å²) in [6, 6.07) is 25.5. The molecule has 4 aromatic rings. The number of halogens is 1. The largest absolute Gasteiger partial charge is 0.303 e. The van der Waals surface area contributed by atoms with E-state index in [0.29, 0.717) is 16.6 Å². The molecule has 5 rings (SSSR count). The van der Waals surface area contributed by atoms with Gasteiger partial charge in [-0.15, -0.1) is 5.10 Å². The Hall–Kier alpha value is -3.68. The zero-order chi connectivity index (χ0) is 24.2. The molecule has 3 aromatic carbocycles. The Morgan fingerprint density at radius 1 is 1.06 bits per heavy atom. The predicted molar refractivity (Wildman–Crippen MR) is 143 cm³/mol. The van der Waals surface area contributed by atoms with Crippen LogP contribution in [0.1, 0.15) is 16.7 Å². The first-order valence-electron chi connectivity index (χ1n) is 11.1. The Bertz CT molecular complexity index is 1410. The van der Waals surface area contributed by atoms with Gasteiger partial charge in [0.15, 0.2) is 5.17 Å². The van der Waals surface area contributed by atoms with E-state index in [4.69, 9.17) is 16.7 Å². The second-order valence-corrected chi connectivity index (χ2v) is 9.72. The first-order valence-corrected chi connectivity index (χ1v) is 12.4. The Morgan fingerprint density at radius 3 is 2.57 bits per heavy atom. The van der Waals surface area contributed by atoms with Crippen molar-refractivity contribution in [3.8, 4) is 16.9 Å². The quantitative estimate of drug-likeness (QED) is 0.274. The number of carbonyl (C=O) groups excluding carboxylic acids is 1. The van der Waals surface area contributed by atoms with E-state index < -0.39 is 0 Å². The van der Waals surface area contributed by atoms with Crippen molar-refractivity contribution in [1.29, 1.82) is 0 Å². The van der Waals surface area contributed by atoms with E-state index in [2.05, 4.69) is 34.6 Å². The van der Waals surface area contributed by atoms with Crippen LogP contribution in [-0.2, 0) is 11.2 Å². The number of benzene rings is 3. The third-order valence-electron chi connectivity index (χ3n) is 5.67. The molecule has 1 atom stereocenters. The van der Waals surface area contributed by atoms with E-state index in [1.807, 2.05) is 77.6 Å². The van der Waals surface area contributed by atoms with Crippen molar-refractivity contribution < 1.29 is 4.79 Å². The Labute approximate surface area is 212 Å².